The lowest BCUT2D eigenvalue weighted by molar-refractivity contribution is 0.411. The van der Waals surface area contributed by atoms with E-state index in [-0.39, 0.29) is 6.01 Å². The normalized spacial score (nSPS) is 10.6. The second-order valence-electron chi connectivity index (χ2n) is 2.51. The van der Waals surface area contributed by atoms with Gasteiger partial charge in [-0.05, 0) is 6.07 Å². The highest BCUT2D eigenvalue weighted by molar-refractivity contribution is 6.31. The number of halogens is 1. The Morgan fingerprint density at radius 1 is 1.54 bits per heavy atom. The number of rotatable bonds is 1. The Labute approximate surface area is 79.2 Å². The number of fused-ring (bicyclic) bond motifs is 1. The molecule has 0 bridgehead atoms. The lowest BCUT2D eigenvalue weighted by atomic mass is 10.3. The molecular formula is C8H7ClN2O2. The molecule has 0 unspecified atom stereocenters. The fourth-order valence-corrected chi connectivity index (χ4v) is 1.34. The SMILES string of the molecule is COc1cc(Cl)cc2nc(N)oc12. The average molecular weight is 199 g/mol. The first-order valence-corrected chi connectivity index (χ1v) is 3.98. The van der Waals surface area contributed by atoms with Gasteiger partial charge in [0, 0.05) is 11.1 Å². The molecule has 4 nitrogen and oxygen atoms in total. The number of hydrogen-bond donors (Lipinski definition) is 1. The third-order valence-corrected chi connectivity index (χ3v) is 1.88. The number of hydrogen-bond acceptors (Lipinski definition) is 4. The highest BCUT2D eigenvalue weighted by Gasteiger charge is 2.09. The Morgan fingerprint density at radius 2 is 2.31 bits per heavy atom. The highest BCUT2D eigenvalue weighted by atomic mass is 35.5. The summed E-state index contributed by atoms with van der Waals surface area (Å²) < 4.78 is 10.2. The summed E-state index contributed by atoms with van der Waals surface area (Å²) in [6.07, 6.45) is 0. The van der Waals surface area contributed by atoms with E-state index in [0.717, 1.165) is 0 Å². The second kappa shape index (κ2) is 2.81. The van der Waals surface area contributed by atoms with Crippen molar-refractivity contribution in [3.05, 3.63) is 17.2 Å². The highest BCUT2D eigenvalue weighted by Crippen LogP contribution is 2.30. The van der Waals surface area contributed by atoms with Gasteiger partial charge in [0.15, 0.2) is 11.3 Å². The summed E-state index contributed by atoms with van der Waals surface area (Å²) in [7, 11) is 1.53. The van der Waals surface area contributed by atoms with Gasteiger partial charge in [-0.25, -0.2) is 0 Å². The first-order chi connectivity index (χ1) is 6.20. The van der Waals surface area contributed by atoms with Crippen LogP contribution in [0.15, 0.2) is 16.5 Å². The first-order valence-electron chi connectivity index (χ1n) is 3.60. The lowest BCUT2D eigenvalue weighted by Crippen LogP contribution is -1.82. The van der Waals surface area contributed by atoms with Crippen LogP contribution in [0.4, 0.5) is 6.01 Å². The van der Waals surface area contributed by atoms with Crippen molar-refractivity contribution in [2.75, 3.05) is 12.8 Å². The number of benzene rings is 1. The number of nitrogen functional groups attached to an aromatic ring is 1. The standard InChI is InChI=1S/C8H7ClN2O2/c1-12-6-3-4(9)2-5-7(6)13-8(10)11-5/h2-3H,1H3,(H2,10,11). The van der Waals surface area contributed by atoms with Crippen LogP contribution >= 0.6 is 11.6 Å². The number of methoxy groups -OCH3 is 1. The van der Waals surface area contributed by atoms with Crippen molar-refractivity contribution in [2.24, 2.45) is 0 Å². The van der Waals surface area contributed by atoms with Crippen LogP contribution in [-0.2, 0) is 0 Å². The zero-order valence-corrected chi connectivity index (χ0v) is 7.63. The second-order valence-corrected chi connectivity index (χ2v) is 2.94. The molecule has 5 heteroatoms. The van der Waals surface area contributed by atoms with Gasteiger partial charge in [0.05, 0.1) is 7.11 Å². The van der Waals surface area contributed by atoms with Crippen LogP contribution in [0, 0.1) is 0 Å². The molecule has 0 aliphatic heterocycles. The van der Waals surface area contributed by atoms with Crippen molar-refractivity contribution >= 4 is 28.7 Å². The molecule has 0 saturated heterocycles. The van der Waals surface area contributed by atoms with Crippen molar-refractivity contribution in [3.63, 3.8) is 0 Å². The van der Waals surface area contributed by atoms with E-state index in [0.29, 0.717) is 21.9 Å². The molecule has 1 aromatic heterocycles. The summed E-state index contributed by atoms with van der Waals surface area (Å²) in [5, 5.41) is 0.539. The third-order valence-electron chi connectivity index (χ3n) is 1.66. The molecule has 0 amide bonds. The monoisotopic (exact) mass is 198 g/mol. The van der Waals surface area contributed by atoms with Crippen molar-refractivity contribution in [2.45, 2.75) is 0 Å². The average Bonchev–Trinajstić information content (AvgIpc) is 2.43. The molecule has 68 valence electrons. The van der Waals surface area contributed by atoms with Crippen molar-refractivity contribution in [1.29, 1.82) is 0 Å². The van der Waals surface area contributed by atoms with E-state index in [4.69, 9.17) is 26.5 Å². The minimum absolute atomic E-state index is 0.107. The van der Waals surface area contributed by atoms with Crippen molar-refractivity contribution < 1.29 is 9.15 Å². The molecule has 1 heterocycles. The number of nitrogens with zero attached hydrogens (tertiary/aromatic N) is 1. The van der Waals surface area contributed by atoms with Gasteiger partial charge in [-0.15, -0.1) is 0 Å². The molecule has 0 saturated carbocycles. The summed E-state index contributed by atoms with van der Waals surface area (Å²) in [6.45, 7) is 0. The fourth-order valence-electron chi connectivity index (χ4n) is 1.14. The van der Waals surface area contributed by atoms with E-state index in [1.165, 1.54) is 7.11 Å². The van der Waals surface area contributed by atoms with E-state index < -0.39 is 0 Å². The van der Waals surface area contributed by atoms with Gasteiger partial charge in [-0.1, -0.05) is 11.6 Å². The maximum absolute atomic E-state index is 5.81. The van der Waals surface area contributed by atoms with Gasteiger partial charge in [0.1, 0.15) is 5.52 Å². The van der Waals surface area contributed by atoms with Gasteiger partial charge in [-0.3, -0.25) is 0 Å². The first kappa shape index (κ1) is 8.19. The van der Waals surface area contributed by atoms with Crippen LogP contribution in [0.3, 0.4) is 0 Å². The maximum atomic E-state index is 5.81. The molecule has 0 spiro atoms. The summed E-state index contributed by atoms with van der Waals surface area (Å²) in [6, 6.07) is 3.42. The van der Waals surface area contributed by atoms with Crippen LogP contribution in [0.1, 0.15) is 0 Å². The largest absolute Gasteiger partial charge is 0.493 e. The van der Waals surface area contributed by atoms with Crippen LogP contribution in [0.5, 0.6) is 5.75 Å². The zero-order valence-electron chi connectivity index (χ0n) is 6.87. The number of oxazole rings is 1. The quantitative estimate of drug-likeness (QED) is 0.762. The molecule has 0 aliphatic rings. The predicted molar refractivity (Wildman–Crippen MR) is 50.0 cm³/mol. The van der Waals surface area contributed by atoms with Crippen molar-refractivity contribution in [3.8, 4) is 5.75 Å². The van der Waals surface area contributed by atoms with E-state index in [1.54, 1.807) is 12.1 Å². The van der Waals surface area contributed by atoms with Gasteiger partial charge >= 0.3 is 0 Å². The Morgan fingerprint density at radius 3 is 3.00 bits per heavy atom. The Bertz CT molecular complexity index is 453. The molecule has 2 rings (SSSR count). The van der Waals surface area contributed by atoms with Crippen LogP contribution in [0.2, 0.25) is 5.02 Å². The minimum Gasteiger partial charge on any atom is -0.493 e. The van der Waals surface area contributed by atoms with E-state index in [1.807, 2.05) is 0 Å². The van der Waals surface area contributed by atoms with Crippen LogP contribution in [0.25, 0.3) is 11.1 Å². The number of aromatic nitrogens is 1. The molecule has 1 aromatic carbocycles. The minimum atomic E-state index is 0.107. The Kier molecular flexibility index (Phi) is 1.77. The Balaban J connectivity index is 2.80. The number of anilines is 1. The van der Waals surface area contributed by atoms with Crippen LogP contribution in [-0.4, -0.2) is 12.1 Å². The van der Waals surface area contributed by atoms with Crippen molar-refractivity contribution in [1.82, 2.24) is 4.98 Å². The molecule has 0 atom stereocenters. The summed E-state index contributed by atoms with van der Waals surface area (Å²) >= 11 is 5.81. The van der Waals surface area contributed by atoms with Gasteiger partial charge in [0.25, 0.3) is 6.01 Å². The summed E-state index contributed by atoms with van der Waals surface area (Å²) in [4.78, 5) is 3.93. The molecule has 13 heavy (non-hydrogen) atoms. The summed E-state index contributed by atoms with van der Waals surface area (Å²) in [5.41, 5.74) is 6.50. The topological polar surface area (TPSA) is 61.3 Å². The molecule has 0 fully saturated rings. The van der Waals surface area contributed by atoms with E-state index in [2.05, 4.69) is 4.98 Å². The van der Waals surface area contributed by atoms with E-state index >= 15 is 0 Å². The smallest absolute Gasteiger partial charge is 0.293 e. The Hall–Kier alpha value is -1.42. The fraction of sp³-hybridized carbons (Fsp3) is 0.125. The van der Waals surface area contributed by atoms with Gasteiger partial charge in [0.2, 0.25) is 0 Å². The third kappa shape index (κ3) is 1.29. The predicted octanol–water partition coefficient (Wildman–Crippen LogP) is 2.07. The molecule has 0 aliphatic carbocycles. The van der Waals surface area contributed by atoms with Gasteiger partial charge < -0.3 is 14.9 Å². The van der Waals surface area contributed by atoms with Gasteiger partial charge in [-0.2, -0.15) is 4.98 Å². The molecule has 2 aromatic rings. The zero-order chi connectivity index (χ0) is 9.42. The number of nitrogens with two attached hydrogens (primary N) is 1. The van der Waals surface area contributed by atoms with E-state index in [9.17, 15) is 0 Å². The molecule has 2 N–H and O–H groups in total. The number of ether oxygens (including phenoxy) is 1. The molecule has 0 radical (unpaired) electrons. The van der Waals surface area contributed by atoms with Crippen LogP contribution < -0.4 is 10.5 Å². The molecular weight excluding hydrogens is 192 g/mol. The maximum Gasteiger partial charge on any atom is 0.293 e. The summed E-state index contributed by atoms with van der Waals surface area (Å²) in [5.74, 6) is 0.534. The lowest BCUT2D eigenvalue weighted by Gasteiger charge is -1.99.